The van der Waals surface area contributed by atoms with E-state index in [-0.39, 0.29) is 59.4 Å². The molecule has 0 aromatic heterocycles. The maximum absolute atomic E-state index is 15.1. The van der Waals surface area contributed by atoms with E-state index in [9.17, 15) is 30.1 Å². The summed E-state index contributed by atoms with van der Waals surface area (Å²) in [5.74, 6) is -0.374. The molecule has 0 radical (unpaired) electrons. The molecule has 0 unspecified atom stereocenters. The number of aryl methyl sites for hydroxylation is 1. The molecular formula is C47H45N5O13S. The summed E-state index contributed by atoms with van der Waals surface area (Å²) in [6.45, 7) is 4.94. The minimum absolute atomic E-state index is 0.00159. The van der Waals surface area contributed by atoms with Crippen LogP contribution in [0.5, 0.6) is 40.2 Å². The van der Waals surface area contributed by atoms with Crippen molar-refractivity contribution in [2.75, 3.05) is 47.0 Å². The summed E-state index contributed by atoms with van der Waals surface area (Å²) < 4.78 is 42.3. The highest BCUT2D eigenvalue weighted by Crippen LogP contribution is 2.64. The third-order valence-electron chi connectivity index (χ3n) is 13.9. The monoisotopic (exact) mass is 919 g/mol. The predicted molar refractivity (Wildman–Crippen MR) is 234 cm³/mol. The molecule has 2 N–H and O–H groups in total. The zero-order chi connectivity index (χ0) is 46.5. The van der Waals surface area contributed by atoms with Crippen molar-refractivity contribution in [2.24, 2.45) is 0 Å². The Morgan fingerprint density at radius 3 is 2.53 bits per heavy atom. The molecule has 7 atom stereocenters. The van der Waals surface area contributed by atoms with Crippen LogP contribution in [-0.4, -0.2) is 103 Å². The van der Waals surface area contributed by atoms with Crippen molar-refractivity contribution in [3.63, 3.8) is 0 Å². The number of rotatable bonds is 6. The van der Waals surface area contributed by atoms with E-state index < -0.39 is 57.8 Å². The molecule has 1 spiro atoms. The van der Waals surface area contributed by atoms with Gasteiger partial charge in [0.25, 0.3) is 5.69 Å². The van der Waals surface area contributed by atoms with Crippen molar-refractivity contribution >= 4 is 35.4 Å². The van der Waals surface area contributed by atoms with Crippen molar-refractivity contribution in [3.8, 4) is 46.3 Å². The number of carbonyl (C=O) groups is 3. The lowest BCUT2D eigenvalue weighted by molar-refractivity contribution is -0.384. The number of aromatic hydroxyl groups is 1. The Balaban J connectivity index is 1.16. The molecule has 0 saturated carbocycles. The number of nitrogens with one attached hydrogen (secondary N) is 1. The first-order valence-electron chi connectivity index (χ1n) is 21.4. The number of benzene rings is 4. The lowest BCUT2D eigenvalue weighted by Crippen LogP contribution is -2.69. The molecule has 18 nitrogen and oxygen atoms in total. The highest BCUT2D eigenvalue weighted by Gasteiger charge is 2.62. The number of methoxy groups -OCH3 is 2. The fraction of sp³-hybridized carbons (Fsp3) is 0.404. The third-order valence-corrected chi connectivity index (χ3v) is 15.4. The Kier molecular flexibility index (Phi) is 10.6. The number of carbonyl (C=O) groups excluding carboxylic acids is 3. The highest BCUT2D eigenvalue weighted by molar-refractivity contribution is 7.99. The zero-order valence-electron chi connectivity index (χ0n) is 36.8. The van der Waals surface area contributed by atoms with Gasteiger partial charge in [0.05, 0.1) is 48.1 Å². The van der Waals surface area contributed by atoms with Crippen LogP contribution >= 0.6 is 11.8 Å². The maximum Gasteiger partial charge on any atom is 0.343 e. The average Bonchev–Trinajstić information content (AvgIpc) is 3.79. The standard InChI is InChI=1S/C47H45N5O13S/c1-21-12-26-14-29-30(17-48)51-31-18-61-46(56)47(28-16-32(59-5)33(15-24(28)10-11-49-47)65-45(55)25-8-7-9-27(13-25)52(57)58)19-66-44(38(51)37(50(29)4)34(26)39(54)40(21)60-6)36-35(31)43-42(62-20-63-43)22(2)41(36)64-23(3)53/h7-9,12-13,15-16,29-31,37-38,44,49,54H,10-11,14,18-20H2,1-6H3/t29-,30-,31-,37+,38+,44+,47+/m0/s1. The van der Waals surface area contributed by atoms with Gasteiger partial charge in [-0.3, -0.25) is 30.0 Å². The Hall–Kier alpha value is -6.59. The number of nitro groups is 1. The quantitative estimate of drug-likeness (QED) is 0.107. The number of hydrogen-bond donors (Lipinski definition) is 2. The second-order valence-corrected chi connectivity index (χ2v) is 18.4. The van der Waals surface area contributed by atoms with Crippen LogP contribution in [-0.2, 0) is 32.7 Å². The Morgan fingerprint density at radius 2 is 1.80 bits per heavy atom. The van der Waals surface area contributed by atoms with Gasteiger partial charge in [-0.25, -0.2) is 9.59 Å². The van der Waals surface area contributed by atoms with E-state index >= 15 is 4.79 Å². The topological polar surface area (TPSA) is 221 Å². The van der Waals surface area contributed by atoms with Crippen molar-refractivity contribution in [1.82, 2.24) is 15.1 Å². The Morgan fingerprint density at radius 1 is 1.02 bits per heavy atom. The smallest absolute Gasteiger partial charge is 0.343 e. The molecule has 4 aromatic rings. The number of hydrogen-bond acceptors (Lipinski definition) is 18. The molecule has 7 heterocycles. The summed E-state index contributed by atoms with van der Waals surface area (Å²) in [5.41, 5.74) is 3.40. The van der Waals surface area contributed by atoms with Crippen LogP contribution in [0.1, 0.15) is 79.1 Å². The predicted octanol–water partition coefficient (Wildman–Crippen LogP) is 5.41. The number of likely N-dealkylation sites (N-methyl/N-ethyl adjacent to an activating group) is 1. The molecule has 19 heteroatoms. The van der Waals surface area contributed by atoms with Gasteiger partial charge < -0.3 is 38.3 Å². The summed E-state index contributed by atoms with van der Waals surface area (Å²) >= 11 is 1.41. The van der Waals surface area contributed by atoms with Crippen molar-refractivity contribution < 1.29 is 57.6 Å². The summed E-state index contributed by atoms with van der Waals surface area (Å²) in [4.78, 5) is 56.7. The highest BCUT2D eigenvalue weighted by atomic mass is 32.2. The van der Waals surface area contributed by atoms with Gasteiger partial charge in [0.2, 0.25) is 6.79 Å². The van der Waals surface area contributed by atoms with Gasteiger partial charge in [0.1, 0.15) is 18.4 Å². The second kappa shape index (κ2) is 16.1. The maximum atomic E-state index is 15.1. The van der Waals surface area contributed by atoms with Gasteiger partial charge in [-0.15, -0.1) is 11.8 Å². The molecule has 4 bridgehead atoms. The number of nitro benzene ring substituents is 1. The van der Waals surface area contributed by atoms with E-state index in [1.807, 2.05) is 20.0 Å². The first kappa shape index (κ1) is 43.3. The average molecular weight is 920 g/mol. The van der Waals surface area contributed by atoms with Crippen LogP contribution < -0.4 is 33.7 Å². The number of ether oxygens (including phenoxy) is 7. The van der Waals surface area contributed by atoms with Crippen LogP contribution in [0, 0.1) is 35.3 Å². The van der Waals surface area contributed by atoms with Crippen LogP contribution in [0.25, 0.3) is 0 Å². The molecule has 7 aliphatic rings. The van der Waals surface area contributed by atoms with Crippen molar-refractivity contribution in [2.45, 2.75) is 74.6 Å². The number of thioether (sulfide) groups is 1. The normalized spacial score (nSPS) is 25.9. The molecule has 11 rings (SSSR count). The number of non-ortho nitro benzene ring substituents is 1. The fourth-order valence-electron chi connectivity index (χ4n) is 11.2. The van der Waals surface area contributed by atoms with Crippen LogP contribution in [0.3, 0.4) is 0 Å². The van der Waals surface area contributed by atoms with E-state index in [0.29, 0.717) is 70.0 Å². The van der Waals surface area contributed by atoms with Gasteiger partial charge in [-0.2, -0.15) is 5.26 Å². The number of nitriles is 1. The minimum atomic E-state index is -1.52. The van der Waals surface area contributed by atoms with E-state index in [4.69, 9.17) is 33.2 Å². The summed E-state index contributed by atoms with van der Waals surface area (Å²) in [7, 11) is 4.87. The van der Waals surface area contributed by atoms with Crippen molar-refractivity contribution in [1.29, 1.82) is 5.26 Å². The Labute approximate surface area is 382 Å². The Bertz CT molecular complexity index is 2830. The van der Waals surface area contributed by atoms with Gasteiger partial charge in [0, 0.05) is 65.7 Å². The fourth-order valence-corrected chi connectivity index (χ4v) is 12.8. The third kappa shape index (κ3) is 6.37. The molecule has 342 valence electrons. The summed E-state index contributed by atoms with van der Waals surface area (Å²) in [6.07, 6.45) is 0.859. The van der Waals surface area contributed by atoms with Gasteiger partial charge in [-0.1, -0.05) is 12.1 Å². The van der Waals surface area contributed by atoms with E-state index in [2.05, 4.69) is 21.2 Å². The molecule has 2 fully saturated rings. The number of fused-ring (bicyclic) bond motifs is 9. The largest absolute Gasteiger partial charge is 0.504 e. The van der Waals surface area contributed by atoms with Crippen LogP contribution in [0.2, 0.25) is 0 Å². The van der Waals surface area contributed by atoms with E-state index in [1.165, 1.54) is 51.1 Å². The van der Waals surface area contributed by atoms with E-state index in [1.54, 1.807) is 19.1 Å². The first-order chi connectivity index (χ1) is 31.7. The lowest BCUT2D eigenvalue weighted by atomic mass is 9.71. The van der Waals surface area contributed by atoms with Gasteiger partial charge in [0.15, 0.2) is 40.0 Å². The second-order valence-electron chi connectivity index (χ2n) is 17.3. The van der Waals surface area contributed by atoms with E-state index in [0.717, 1.165) is 17.2 Å². The number of phenols is 1. The van der Waals surface area contributed by atoms with Gasteiger partial charge >= 0.3 is 17.9 Å². The number of phenolic OH excluding ortho intramolecular Hbond substituents is 1. The molecule has 66 heavy (non-hydrogen) atoms. The first-order valence-corrected chi connectivity index (χ1v) is 22.4. The summed E-state index contributed by atoms with van der Waals surface area (Å²) in [5, 5.41) is 37.7. The molecule has 2 saturated heterocycles. The number of esters is 3. The molecule has 7 aliphatic heterocycles. The molecular weight excluding hydrogens is 875 g/mol. The number of nitrogens with zero attached hydrogens (tertiary/aromatic N) is 4. The van der Waals surface area contributed by atoms with Crippen LogP contribution in [0.4, 0.5) is 5.69 Å². The molecule has 4 aromatic carbocycles. The minimum Gasteiger partial charge on any atom is -0.504 e. The summed E-state index contributed by atoms with van der Waals surface area (Å²) in [6, 6.07) is 10.0. The SMILES string of the molecule is COc1cc2c(cc1OC(=O)c1cccc([N+](=O)[O-])c1)CCN[C@]21CS[C@@H]2c3c(OC(C)=O)c(C)c4c(c3[C@H](COC1=O)N1[C@@H]2[C@H]2c3c(cc(C)c(OC)c3O)C[C@@H]([C@@H]1C#N)N2C)OCO4. The lowest BCUT2D eigenvalue weighted by Gasteiger charge is -2.62. The van der Waals surface area contributed by atoms with Crippen LogP contribution in [0.15, 0.2) is 42.5 Å². The number of piperazine rings is 1. The molecule has 0 aliphatic carbocycles. The zero-order valence-corrected chi connectivity index (χ0v) is 37.6. The van der Waals surface area contributed by atoms with Crippen molar-refractivity contribution in [3.05, 3.63) is 103 Å². The van der Waals surface area contributed by atoms with Gasteiger partial charge in [-0.05, 0) is 74.2 Å². The molecule has 0 amide bonds.